The summed E-state index contributed by atoms with van der Waals surface area (Å²) in [5.41, 5.74) is 4.83. The Bertz CT molecular complexity index is 482. The van der Waals surface area contributed by atoms with E-state index in [2.05, 4.69) is 17.5 Å². The molecule has 0 aromatic heterocycles. The molecule has 0 bridgehead atoms. The number of rotatable bonds is 3. The van der Waals surface area contributed by atoms with Crippen molar-refractivity contribution in [1.29, 1.82) is 0 Å². The number of carbonyl (C=O) groups is 1. The first-order valence-electron chi connectivity index (χ1n) is 4.57. The minimum Gasteiger partial charge on any atom is -0.392 e. The van der Waals surface area contributed by atoms with E-state index in [1.54, 1.807) is 0 Å². The highest BCUT2D eigenvalue weighted by Gasteiger charge is 2.17. The average molecular weight is 279 g/mol. The van der Waals surface area contributed by atoms with Gasteiger partial charge in [0.1, 0.15) is 11.6 Å². The van der Waals surface area contributed by atoms with Crippen LogP contribution in [0.2, 0.25) is 5.02 Å². The van der Waals surface area contributed by atoms with E-state index in [9.17, 15) is 13.6 Å². The monoisotopic (exact) mass is 278 g/mol. The molecular formula is C10H9ClF2N2OS. The Morgan fingerprint density at radius 2 is 2.06 bits per heavy atom. The van der Waals surface area contributed by atoms with Crippen molar-refractivity contribution in [2.24, 2.45) is 5.73 Å². The van der Waals surface area contributed by atoms with Gasteiger partial charge in [0.15, 0.2) is 0 Å². The van der Waals surface area contributed by atoms with Gasteiger partial charge in [0.25, 0.3) is 5.91 Å². The number of amides is 1. The molecule has 1 unspecified atom stereocenters. The first-order chi connectivity index (χ1) is 7.82. The van der Waals surface area contributed by atoms with Gasteiger partial charge < -0.3 is 11.1 Å². The number of nitrogens with one attached hydrogen (secondary N) is 1. The van der Waals surface area contributed by atoms with E-state index in [-0.39, 0.29) is 10.0 Å². The molecule has 1 atom stereocenters. The molecule has 1 amide bonds. The molecule has 0 heterocycles. The Hall–Kier alpha value is -1.27. The second kappa shape index (κ2) is 5.37. The molecule has 92 valence electrons. The van der Waals surface area contributed by atoms with Gasteiger partial charge >= 0.3 is 0 Å². The van der Waals surface area contributed by atoms with E-state index in [0.29, 0.717) is 0 Å². The van der Waals surface area contributed by atoms with Crippen LogP contribution >= 0.6 is 23.8 Å². The third-order valence-electron chi connectivity index (χ3n) is 2.03. The summed E-state index contributed by atoms with van der Waals surface area (Å²) in [5, 5.41) is 1.94. The fourth-order valence-electron chi connectivity index (χ4n) is 1.04. The Morgan fingerprint density at radius 3 is 2.59 bits per heavy atom. The first kappa shape index (κ1) is 13.8. The molecule has 1 aromatic carbocycles. The number of thiocarbonyl (C=S) groups is 1. The Labute approximate surface area is 107 Å². The second-order valence-corrected chi connectivity index (χ2v) is 4.22. The van der Waals surface area contributed by atoms with Crippen LogP contribution in [0.1, 0.15) is 17.3 Å². The predicted octanol–water partition coefficient (Wildman–Crippen LogP) is 2.02. The zero-order valence-corrected chi connectivity index (χ0v) is 10.3. The summed E-state index contributed by atoms with van der Waals surface area (Å²) in [7, 11) is 0. The molecule has 0 fully saturated rings. The van der Waals surface area contributed by atoms with Gasteiger partial charge in [-0.3, -0.25) is 4.79 Å². The predicted molar refractivity (Wildman–Crippen MR) is 65.1 cm³/mol. The quantitative estimate of drug-likeness (QED) is 0.657. The molecule has 1 rings (SSSR count). The van der Waals surface area contributed by atoms with Crippen LogP contribution in [0.4, 0.5) is 8.78 Å². The fourth-order valence-corrected chi connectivity index (χ4v) is 1.25. The SMILES string of the molecule is CC(NC(=O)c1cc(F)c(Cl)cc1F)C(N)=S. The molecule has 0 saturated carbocycles. The average Bonchev–Trinajstić information content (AvgIpc) is 2.22. The van der Waals surface area contributed by atoms with Gasteiger partial charge in [0.2, 0.25) is 0 Å². The van der Waals surface area contributed by atoms with Crippen LogP contribution in [0.5, 0.6) is 0 Å². The highest BCUT2D eigenvalue weighted by atomic mass is 35.5. The van der Waals surface area contributed by atoms with E-state index in [4.69, 9.17) is 17.3 Å². The van der Waals surface area contributed by atoms with Gasteiger partial charge in [0, 0.05) is 0 Å². The van der Waals surface area contributed by atoms with Gasteiger partial charge in [-0.1, -0.05) is 23.8 Å². The molecule has 0 saturated heterocycles. The lowest BCUT2D eigenvalue weighted by Crippen LogP contribution is -2.41. The maximum Gasteiger partial charge on any atom is 0.254 e. The molecule has 0 aliphatic rings. The van der Waals surface area contributed by atoms with Crippen molar-refractivity contribution < 1.29 is 13.6 Å². The van der Waals surface area contributed by atoms with Crippen molar-refractivity contribution in [1.82, 2.24) is 5.32 Å². The number of carbonyl (C=O) groups excluding carboxylic acids is 1. The maximum absolute atomic E-state index is 13.4. The Balaban J connectivity index is 2.97. The number of hydrogen-bond acceptors (Lipinski definition) is 2. The highest BCUT2D eigenvalue weighted by Crippen LogP contribution is 2.19. The first-order valence-corrected chi connectivity index (χ1v) is 5.36. The fraction of sp³-hybridized carbons (Fsp3) is 0.200. The summed E-state index contributed by atoms with van der Waals surface area (Å²) in [5.74, 6) is -2.59. The molecule has 0 spiro atoms. The molecule has 0 radical (unpaired) electrons. The van der Waals surface area contributed by atoms with Gasteiger partial charge in [-0.2, -0.15) is 0 Å². The highest BCUT2D eigenvalue weighted by molar-refractivity contribution is 7.80. The lowest BCUT2D eigenvalue weighted by Gasteiger charge is -2.12. The Morgan fingerprint density at radius 1 is 1.47 bits per heavy atom. The molecule has 1 aromatic rings. The standard InChI is InChI=1S/C10H9ClF2N2OS/c1-4(9(14)17)15-10(16)5-2-8(13)6(11)3-7(5)12/h2-4H,1H3,(H2,14,17)(H,15,16). The summed E-state index contributed by atoms with van der Waals surface area (Å²) in [6.45, 7) is 1.53. The van der Waals surface area contributed by atoms with E-state index in [1.165, 1.54) is 6.92 Å². The smallest absolute Gasteiger partial charge is 0.254 e. The van der Waals surface area contributed by atoms with Crippen LogP contribution in [-0.2, 0) is 0 Å². The molecule has 0 aliphatic heterocycles. The van der Waals surface area contributed by atoms with Gasteiger partial charge in [0.05, 0.1) is 21.6 Å². The topological polar surface area (TPSA) is 55.1 Å². The molecule has 0 aliphatic carbocycles. The molecule has 3 N–H and O–H groups in total. The summed E-state index contributed by atoms with van der Waals surface area (Å²) < 4.78 is 26.4. The van der Waals surface area contributed by atoms with Gasteiger partial charge in [-0.25, -0.2) is 8.78 Å². The minimum absolute atomic E-state index is 0.0493. The van der Waals surface area contributed by atoms with Gasteiger partial charge in [-0.05, 0) is 19.1 Å². The van der Waals surface area contributed by atoms with Crippen molar-refractivity contribution in [3.8, 4) is 0 Å². The van der Waals surface area contributed by atoms with Crippen LogP contribution in [0.15, 0.2) is 12.1 Å². The third kappa shape index (κ3) is 3.34. The van der Waals surface area contributed by atoms with Crippen molar-refractivity contribution in [3.05, 3.63) is 34.4 Å². The van der Waals surface area contributed by atoms with E-state index in [0.717, 1.165) is 12.1 Å². The second-order valence-electron chi connectivity index (χ2n) is 3.34. The molecule has 7 heteroatoms. The van der Waals surface area contributed by atoms with E-state index < -0.39 is 29.1 Å². The normalized spacial score (nSPS) is 12.0. The van der Waals surface area contributed by atoms with Crippen molar-refractivity contribution in [3.63, 3.8) is 0 Å². The van der Waals surface area contributed by atoms with Crippen LogP contribution in [0.25, 0.3) is 0 Å². The minimum atomic E-state index is -0.913. The van der Waals surface area contributed by atoms with Crippen molar-refractivity contribution in [2.75, 3.05) is 0 Å². The summed E-state index contributed by atoms with van der Waals surface area (Å²) in [6, 6.07) is 0.840. The van der Waals surface area contributed by atoms with E-state index in [1.807, 2.05) is 0 Å². The van der Waals surface area contributed by atoms with Crippen LogP contribution in [0, 0.1) is 11.6 Å². The largest absolute Gasteiger partial charge is 0.392 e. The molecular weight excluding hydrogens is 270 g/mol. The zero-order valence-electron chi connectivity index (χ0n) is 8.76. The lowest BCUT2D eigenvalue weighted by atomic mass is 10.2. The Kier molecular flexibility index (Phi) is 4.36. The number of hydrogen-bond donors (Lipinski definition) is 2. The zero-order chi connectivity index (χ0) is 13.2. The van der Waals surface area contributed by atoms with Crippen molar-refractivity contribution in [2.45, 2.75) is 13.0 Å². The number of nitrogens with two attached hydrogens (primary N) is 1. The lowest BCUT2D eigenvalue weighted by molar-refractivity contribution is 0.0945. The number of halogens is 3. The van der Waals surface area contributed by atoms with Crippen LogP contribution < -0.4 is 11.1 Å². The molecule has 3 nitrogen and oxygen atoms in total. The van der Waals surface area contributed by atoms with E-state index >= 15 is 0 Å². The third-order valence-corrected chi connectivity index (χ3v) is 2.67. The number of benzene rings is 1. The molecule has 17 heavy (non-hydrogen) atoms. The van der Waals surface area contributed by atoms with Crippen LogP contribution in [-0.4, -0.2) is 16.9 Å². The summed E-state index contributed by atoms with van der Waals surface area (Å²) in [6.07, 6.45) is 0. The maximum atomic E-state index is 13.4. The summed E-state index contributed by atoms with van der Waals surface area (Å²) >= 11 is 10.00. The van der Waals surface area contributed by atoms with Crippen molar-refractivity contribution >= 4 is 34.7 Å². The van der Waals surface area contributed by atoms with Crippen LogP contribution in [0.3, 0.4) is 0 Å². The van der Waals surface area contributed by atoms with Gasteiger partial charge in [-0.15, -0.1) is 0 Å². The summed E-state index contributed by atoms with van der Waals surface area (Å²) in [4.78, 5) is 11.6.